The first-order valence-electron chi connectivity index (χ1n) is 8.03. The highest BCUT2D eigenvalue weighted by Crippen LogP contribution is 2.31. The molecule has 0 unspecified atom stereocenters. The molecule has 0 spiro atoms. The van der Waals surface area contributed by atoms with E-state index in [0.717, 1.165) is 11.3 Å². The first-order valence-corrected chi connectivity index (χ1v) is 8.03. The van der Waals surface area contributed by atoms with Gasteiger partial charge in [-0.1, -0.05) is 42.5 Å². The van der Waals surface area contributed by atoms with E-state index in [0.29, 0.717) is 18.8 Å². The van der Waals surface area contributed by atoms with Crippen LogP contribution in [0.2, 0.25) is 0 Å². The van der Waals surface area contributed by atoms with Crippen LogP contribution >= 0.6 is 0 Å². The highest BCUT2D eigenvalue weighted by Gasteiger charge is 2.26. The number of hydrogen-bond donors (Lipinski definition) is 0. The molecule has 0 saturated carbocycles. The molecule has 0 radical (unpaired) electrons. The number of esters is 1. The van der Waals surface area contributed by atoms with Crippen LogP contribution in [0.1, 0.15) is 12.5 Å². The Morgan fingerprint density at radius 2 is 1.83 bits per heavy atom. The molecule has 0 N–H and O–H groups in total. The molecule has 24 heavy (non-hydrogen) atoms. The molecule has 1 aliphatic rings. The summed E-state index contributed by atoms with van der Waals surface area (Å²) in [5.41, 5.74) is 1.87. The zero-order valence-corrected chi connectivity index (χ0v) is 13.6. The summed E-state index contributed by atoms with van der Waals surface area (Å²) in [6.07, 6.45) is 0. The zero-order chi connectivity index (χ0) is 16.9. The predicted molar refractivity (Wildman–Crippen MR) is 91.8 cm³/mol. The van der Waals surface area contributed by atoms with Crippen molar-refractivity contribution in [3.8, 4) is 5.75 Å². The van der Waals surface area contributed by atoms with E-state index in [1.165, 1.54) is 0 Å². The predicted octanol–water partition coefficient (Wildman–Crippen LogP) is 2.46. The molecular formula is C19H20N2O3. The summed E-state index contributed by atoms with van der Waals surface area (Å²) in [5.74, 6) is 0.158. The van der Waals surface area contributed by atoms with Gasteiger partial charge >= 0.3 is 5.97 Å². The minimum absolute atomic E-state index is 0.00847. The van der Waals surface area contributed by atoms with E-state index in [2.05, 4.69) is 0 Å². The Kier molecular flexibility index (Phi) is 4.79. The molecule has 124 valence electrons. The van der Waals surface area contributed by atoms with Gasteiger partial charge in [0.2, 0.25) is 5.91 Å². The SMILES string of the molecule is CCN(Cc1ccccc1)C(=O)CN1CC(=O)Oc2ccccc21. The molecule has 3 rings (SSSR count). The Morgan fingerprint density at radius 1 is 1.12 bits per heavy atom. The van der Waals surface area contributed by atoms with Crippen LogP contribution in [0.3, 0.4) is 0 Å². The molecule has 0 bridgehead atoms. The van der Waals surface area contributed by atoms with Gasteiger partial charge in [0.1, 0.15) is 6.54 Å². The maximum Gasteiger partial charge on any atom is 0.331 e. The van der Waals surface area contributed by atoms with Crippen molar-refractivity contribution in [2.45, 2.75) is 13.5 Å². The van der Waals surface area contributed by atoms with Crippen molar-refractivity contribution in [2.24, 2.45) is 0 Å². The van der Waals surface area contributed by atoms with Crippen molar-refractivity contribution in [1.82, 2.24) is 4.90 Å². The second-order valence-corrected chi connectivity index (χ2v) is 5.69. The normalized spacial score (nSPS) is 13.2. The fourth-order valence-electron chi connectivity index (χ4n) is 2.79. The van der Waals surface area contributed by atoms with Crippen molar-refractivity contribution in [3.05, 3.63) is 60.2 Å². The molecular weight excluding hydrogens is 304 g/mol. The third-order valence-corrected chi connectivity index (χ3v) is 4.03. The fourth-order valence-corrected chi connectivity index (χ4v) is 2.79. The van der Waals surface area contributed by atoms with Gasteiger partial charge in [-0.05, 0) is 24.6 Å². The number of carbonyl (C=O) groups excluding carboxylic acids is 2. The van der Waals surface area contributed by atoms with Crippen LogP contribution in [-0.4, -0.2) is 36.4 Å². The number of rotatable bonds is 5. The average molecular weight is 324 g/mol. The van der Waals surface area contributed by atoms with Crippen LogP contribution in [0.15, 0.2) is 54.6 Å². The van der Waals surface area contributed by atoms with Crippen molar-refractivity contribution < 1.29 is 14.3 Å². The molecule has 5 nitrogen and oxygen atoms in total. The lowest BCUT2D eigenvalue weighted by Crippen LogP contribution is -2.44. The Morgan fingerprint density at radius 3 is 2.58 bits per heavy atom. The number of anilines is 1. The van der Waals surface area contributed by atoms with Gasteiger partial charge < -0.3 is 14.5 Å². The molecule has 0 aliphatic carbocycles. The summed E-state index contributed by atoms with van der Waals surface area (Å²) in [4.78, 5) is 28.0. The zero-order valence-electron chi connectivity index (χ0n) is 13.6. The topological polar surface area (TPSA) is 49.9 Å². The van der Waals surface area contributed by atoms with Gasteiger partial charge in [-0.3, -0.25) is 4.79 Å². The number of benzene rings is 2. The first-order chi connectivity index (χ1) is 11.7. The van der Waals surface area contributed by atoms with Crippen LogP contribution in [0.4, 0.5) is 5.69 Å². The number of fused-ring (bicyclic) bond motifs is 1. The largest absolute Gasteiger partial charge is 0.423 e. The van der Waals surface area contributed by atoms with Gasteiger partial charge in [0.25, 0.3) is 0 Å². The van der Waals surface area contributed by atoms with Gasteiger partial charge in [-0.2, -0.15) is 0 Å². The third-order valence-electron chi connectivity index (χ3n) is 4.03. The maximum absolute atomic E-state index is 12.7. The van der Waals surface area contributed by atoms with Crippen molar-refractivity contribution >= 4 is 17.6 Å². The number of ether oxygens (including phenoxy) is 1. The summed E-state index contributed by atoms with van der Waals surface area (Å²) < 4.78 is 5.22. The van der Waals surface area contributed by atoms with Crippen molar-refractivity contribution in [1.29, 1.82) is 0 Å². The van der Waals surface area contributed by atoms with Crippen molar-refractivity contribution in [2.75, 3.05) is 24.5 Å². The van der Waals surface area contributed by atoms with Crippen LogP contribution in [-0.2, 0) is 16.1 Å². The second kappa shape index (κ2) is 7.17. The minimum atomic E-state index is -0.340. The maximum atomic E-state index is 12.7. The van der Waals surface area contributed by atoms with Crippen molar-refractivity contribution in [3.63, 3.8) is 0 Å². The van der Waals surface area contributed by atoms with Crippen LogP contribution in [0.5, 0.6) is 5.75 Å². The fraction of sp³-hybridized carbons (Fsp3) is 0.263. The Labute approximate surface area is 141 Å². The molecule has 0 aromatic heterocycles. The highest BCUT2D eigenvalue weighted by atomic mass is 16.5. The number of carbonyl (C=O) groups is 2. The molecule has 2 aromatic rings. The van der Waals surface area contributed by atoms with Gasteiger partial charge in [0.15, 0.2) is 5.75 Å². The quantitative estimate of drug-likeness (QED) is 0.626. The van der Waals surface area contributed by atoms with E-state index >= 15 is 0 Å². The lowest BCUT2D eigenvalue weighted by Gasteiger charge is -2.31. The van der Waals surface area contributed by atoms with Crippen LogP contribution in [0.25, 0.3) is 0 Å². The monoisotopic (exact) mass is 324 g/mol. The number of hydrogen-bond acceptors (Lipinski definition) is 4. The molecule has 1 heterocycles. The lowest BCUT2D eigenvalue weighted by atomic mass is 10.2. The Hall–Kier alpha value is -2.82. The van der Waals surface area contributed by atoms with Gasteiger partial charge in [-0.15, -0.1) is 0 Å². The molecule has 5 heteroatoms. The third kappa shape index (κ3) is 3.56. The summed E-state index contributed by atoms with van der Waals surface area (Å²) in [6, 6.07) is 17.2. The smallest absolute Gasteiger partial charge is 0.331 e. The van der Waals surface area contributed by atoms with E-state index in [4.69, 9.17) is 4.74 Å². The van der Waals surface area contributed by atoms with E-state index in [-0.39, 0.29) is 25.0 Å². The standard InChI is InChI=1S/C19H20N2O3/c1-2-20(12-15-8-4-3-5-9-15)18(22)13-21-14-19(23)24-17-11-7-6-10-16(17)21/h3-11H,2,12-14H2,1H3. The highest BCUT2D eigenvalue weighted by molar-refractivity contribution is 5.89. The Bertz CT molecular complexity index is 730. The Balaban J connectivity index is 1.72. The summed E-state index contributed by atoms with van der Waals surface area (Å²) in [6.45, 7) is 3.39. The molecule has 0 saturated heterocycles. The summed E-state index contributed by atoms with van der Waals surface area (Å²) >= 11 is 0. The summed E-state index contributed by atoms with van der Waals surface area (Å²) in [5, 5.41) is 0. The molecule has 0 atom stereocenters. The van der Waals surface area contributed by atoms with Crippen LogP contribution in [0, 0.1) is 0 Å². The second-order valence-electron chi connectivity index (χ2n) is 5.69. The lowest BCUT2D eigenvalue weighted by molar-refractivity contribution is -0.133. The van der Waals surface area contributed by atoms with Gasteiger partial charge in [-0.25, -0.2) is 4.79 Å². The van der Waals surface area contributed by atoms with E-state index in [9.17, 15) is 9.59 Å². The number of amides is 1. The minimum Gasteiger partial charge on any atom is -0.423 e. The number of nitrogens with zero attached hydrogens (tertiary/aromatic N) is 2. The number of para-hydroxylation sites is 2. The molecule has 0 fully saturated rings. The molecule has 2 aromatic carbocycles. The van der Waals surface area contributed by atoms with Crippen LogP contribution < -0.4 is 9.64 Å². The van der Waals surface area contributed by atoms with E-state index in [1.54, 1.807) is 15.9 Å². The number of likely N-dealkylation sites (N-methyl/N-ethyl adjacent to an activating group) is 1. The molecule has 1 aliphatic heterocycles. The van der Waals surface area contributed by atoms with Gasteiger partial charge in [0.05, 0.1) is 12.2 Å². The molecule has 1 amide bonds. The first kappa shape index (κ1) is 16.1. The average Bonchev–Trinajstić information content (AvgIpc) is 2.60. The van der Waals surface area contributed by atoms with E-state index < -0.39 is 0 Å². The van der Waals surface area contributed by atoms with E-state index in [1.807, 2.05) is 55.5 Å². The van der Waals surface area contributed by atoms with Gasteiger partial charge in [0, 0.05) is 13.1 Å². The summed E-state index contributed by atoms with van der Waals surface area (Å²) in [7, 11) is 0.